The molecule has 0 aliphatic carbocycles. The fourth-order valence-corrected chi connectivity index (χ4v) is 3.24. The average molecular weight is 198 g/mol. The van der Waals surface area contributed by atoms with E-state index in [2.05, 4.69) is 32.5 Å². The largest absolute Gasteiger partial charge is 0.102 e. The second-order valence-electron chi connectivity index (χ2n) is 3.85. The molecule has 78 valence electrons. The molecule has 0 unspecified atom stereocenters. The predicted octanol–water partition coefficient (Wildman–Crippen LogP) is 4.32. The smallest absolute Gasteiger partial charge is 0.0605 e. The van der Waals surface area contributed by atoms with Crippen molar-refractivity contribution in [3.8, 4) is 0 Å². The Morgan fingerprint density at radius 3 is 2.15 bits per heavy atom. The molecule has 0 aromatic carbocycles. The highest BCUT2D eigenvalue weighted by atomic mass is 28.3. The van der Waals surface area contributed by atoms with Crippen molar-refractivity contribution in [3.63, 3.8) is 0 Å². The summed E-state index contributed by atoms with van der Waals surface area (Å²) in [7, 11) is -0.431. The van der Waals surface area contributed by atoms with E-state index in [1.165, 1.54) is 44.2 Å². The van der Waals surface area contributed by atoms with Gasteiger partial charge in [0.15, 0.2) is 0 Å². The van der Waals surface area contributed by atoms with Gasteiger partial charge in [0.25, 0.3) is 0 Å². The van der Waals surface area contributed by atoms with Crippen LogP contribution in [0.1, 0.15) is 52.9 Å². The molecule has 0 saturated carbocycles. The van der Waals surface area contributed by atoms with E-state index in [1.807, 2.05) is 0 Å². The van der Waals surface area contributed by atoms with Crippen molar-refractivity contribution in [1.82, 2.24) is 0 Å². The fourth-order valence-electron chi connectivity index (χ4n) is 1.54. The molecule has 0 bridgehead atoms. The third-order valence-electron chi connectivity index (χ3n) is 2.68. The molecule has 0 aromatic rings. The van der Waals surface area contributed by atoms with Crippen LogP contribution < -0.4 is 0 Å². The van der Waals surface area contributed by atoms with Crippen LogP contribution in [-0.4, -0.2) is 8.80 Å². The van der Waals surface area contributed by atoms with E-state index in [9.17, 15) is 0 Å². The van der Waals surface area contributed by atoms with Gasteiger partial charge in [0.05, 0.1) is 8.80 Å². The Balaban J connectivity index is 3.28. The minimum atomic E-state index is -0.431. The highest BCUT2D eigenvalue weighted by Crippen LogP contribution is 2.05. The lowest BCUT2D eigenvalue weighted by Crippen LogP contribution is -2.03. The third-order valence-corrected chi connectivity index (χ3v) is 5.60. The SMILES string of the molecule is CCCCCCC=C[SiH](CC)CC. The maximum Gasteiger partial charge on any atom is 0.0605 e. The summed E-state index contributed by atoms with van der Waals surface area (Å²) in [6.07, 6.45) is 9.36. The molecule has 0 rings (SSSR count). The van der Waals surface area contributed by atoms with E-state index in [-0.39, 0.29) is 0 Å². The maximum absolute atomic E-state index is 2.55. The van der Waals surface area contributed by atoms with Crippen molar-refractivity contribution in [2.45, 2.75) is 65.0 Å². The van der Waals surface area contributed by atoms with Gasteiger partial charge in [-0.1, -0.05) is 58.2 Å². The lowest BCUT2D eigenvalue weighted by molar-refractivity contribution is 0.674. The van der Waals surface area contributed by atoms with Crippen LogP contribution in [0, 0.1) is 0 Å². The van der Waals surface area contributed by atoms with Crippen LogP contribution in [0.15, 0.2) is 11.8 Å². The van der Waals surface area contributed by atoms with Crippen molar-refractivity contribution in [2.24, 2.45) is 0 Å². The van der Waals surface area contributed by atoms with Crippen LogP contribution in [0.5, 0.6) is 0 Å². The lowest BCUT2D eigenvalue weighted by Gasteiger charge is -2.02. The summed E-state index contributed by atoms with van der Waals surface area (Å²) in [6.45, 7) is 6.94. The highest BCUT2D eigenvalue weighted by Gasteiger charge is 1.97. The van der Waals surface area contributed by atoms with Gasteiger partial charge in [-0.3, -0.25) is 0 Å². The van der Waals surface area contributed by atoms with Gasteiger partial charge >= 0.3 is 0 Å². The summed E-state index contributed by atoms with van der Waals surface area (Å²) in [5.41, 5.74) is 2.55. The normalized spacial score (nSPS) is 11.7. The van der Waals surface area contributed by atoms with Gasteiger partial charge < -0.3 is 0 Å². The fraction of sp³-hybridized carbons (Fsp3) is 0.833. The molecule has 0 saturated heterocycles. The molecular weight excluding hydrogens is 172 g/mol. The highest BCUT2D eigenvalue weighted by molar-refractivity contribution is 6.64. The summed E-state index contributed by atoms with van der Waals surface area (Å²) in [6, 6.07) is 2.86. The van der Waals surface area contributed by atoms with Crippen LogP contribution in [0.2, 0.25) is 12.1 Å². The van der Waals surface area contributed by atoms with Gasteiger partial charge in [-0.2, -0.15) is 0 Å². The van der Waals surface area contributed by atoms with Crippen molar-refractivity contribution in [1.29, 1.82) is 0 Å². The number of rotatable bonds is 8. The molecule has 0 atom stereocenters. The van der Waals surface area contributed by atoms with E-state index in [0.29, 0.717) is 0 Å². The van der Waals surface area contributed by atoms with Crippen molar-refractivity contribution < 1.29 is 0 Å². The molecule has 0 N–H and O–H groups in total. The van der Waals surface area contributed by atoms with Crippen LogP contribution in [0.4, 0.5) is 0 Å². The van der Waals surface area contributed by atoms with Gasteiger partial charge in [0, 0.05) is 0 Å². The Bertz CT molecular complexity index is 114. The molecule has 0 nitrogen and oxygen atoms in total. The van der Waals surface area contributed by atoms with E-state index in [1.54, 1.807) is 0 Å². The molecule has 0 aliphatic rings. The second kappa shape index (κ2) is 10.0. The first-order chi connectivity index (χ1) is 6.35. The Kier molecular flexibility index (Phi) is 10.0. The Morgan fingerprint density at radius 1 is 0.923 bits per heavy atom. The number of allylic oxidation sites excluding steroid dienone is 1. The molecular formula is C12H26Si. The Labute approximate surface area is 86.0 Å². The number of unbranched alkanes of at least 4 members (excludes halogenated alkanes) is 4. The van der Waals surface area contributed by atoms with Gasteiger partial charge in [-0.15, -0.1) is 5.70 Å². The zero-order valence-electron chi connectivity index (χ0n) is 9.68. The predicted molar refractivity (Wildman–Crippen MR) is 66.0 cm³/mol. The molecule has 0 aliphatic heterocycles. The molecule has 13 heavy (non-hydrogen) atoms. The van der Waals surface area contributed by atoms with E-state index >= 15 is 0 Å². The monoisotopic (exact) mass is 198 g/mol. The minimum absolute atomic E-state index is 0.431. The third kappa shape index (κ3) is 8.29. The van der Waals surface area contributed by atoms with Crippen molar-refractivity contribution in [3.05, 3.63) is 11.8 Å². The Hall–Kier alpha value is -0.0431. The van der Waals surface area contributed by atoms with Crippen LogP contribution in [0.3, 0.4) is 0 Å². The molecule has 1 heteroatoms. The van der Waals surface area contributed by atoms with Crippen LogP contribution in [0.25, 0.3) is 0 Å². The number of hydrogen-bond acceptors (Lipinski definition) is 0. The lowest BCUT2D eigenvalue weighted by atomic mass is 10.2. The minimum Gasteiger partial charge on any atom is -0.102 e. The molecule has 0 radical (unpaired) electrons. The molecule has 0 aromatic heterocycles. The zero-order chi connectivity index (χ0) is 9.94. The number of hydrogen-bond donors (Lipinski definition) is 0. The molecule has 0 heterocycles. The van der Waals surface area contributed by atoms with E-state index < -0.39 is 8.80 Å². The summed E-state index contributed by atoms with van der Waals surface area (Å²) in [5, 5.41) is 0. The summed E-state index contributed by atoms with van der Waals surface area (Å²) >= 11 is 0. The van der Waals surface area contributed by atoms with Crippen molar-refractivity contribution in [2.75, 3.05) is 0 Å². The quantitative estimate of drug-likeness (QED) is 0.402. The first-order valence-corrected chi connectivity index (χ1v) is 8.31. The van der Waals surface area contributed by atoms with Gasteiger partial charge in [-0.05, 0) is 12.8 Å². The van der Waals surface area contributed by atoms with Crippen molar-refractivity contribution >= 4 is 8.80 Å². The zero-order valence-corrected chi connectivity index (χ0v) is 10.8. The second-order valence-corrected chi connectivity index (χ2v) is 7.39. The topological polar surface area (TPSA) is 0 Å². The summed E-state index contributed by atoms with van der Waals surface area (Å²) < 4.78 is 0. The first kappa shape index (κ1) is 13.0. The van der Waals surface area contributed by atoms with Crippen LogP contribution >= 0.6 is 0 Å². The average Bonchev–Trinajstić information content (AvgIpc) is 2.17. The van der Waals surface area contributed by atoms with Gasteiger partial charge in [0.1, 0.15) is 0 Å². The first-order valence-electron chi connectivity index (χ1n) is 6.01. The molecule has 0 amide bonds. The standard InChI is InChI=1S/C12H26Si/c1-4-7-8-9-10-11-12-13(5-2)6-3/h11-13H,4-10H2,1-3H3. The maximum atomic E-state index is 2.55. The Morgan fingerprint density at radius 2 is 1.62 bits per heavy atom. The van der Waals surface area contributed by atoms with Crippen LogP contribution in [-0.2, 0) is 0 Å². The molecule has 0 fully saturated rings. The van der Waals surface area contributed by atoms with E-state index in [4.69, 9.17) is 0 Å². The summed E-state index contributed by atoms with van der Waals surface area (Å²) in [5.74, 6) is 0. The van der Waals surface area contributed by atoms with Gasteiger partial charge in [-0.25, -0.2) is 0 Å². The molecule has 0 spiro atoms. The summed E-state index contributed by atoms with van der Waals surface area (Å²) in [4.78, 5) is 0. The van der Waals surface area contributed by atoms with E-state index in [0.717, 1.165) is 0 Å². The van der Waals surface area contributed by atoms with Gasteiger partial charge in [0.2, 0.25) is 0 Å².